The molecule has 138 valence electrons. The summed E-state index contributed by atoms with van der Waals surface area (Å²) in [6, 6.07) is 10.1. The quantitative estimate of drug-likeness (QED) is 0.819. The number of aliphatic hydroxyl groups is 1. The number of hydrogen-bond acceptors (Lipinski definition) is 6. The molecule has 0 radical (unpaired) electrons. The molecule has 0 amide bonds. The highest BCUT2D eigenvalue weighted by molar-refractivity contribution is 5.73. The van der Waals surface area contributed by atoms with Gasteiger partial charge >= 0.3 is 11.9 Å². The number of benzene rings is 1. The number of carbonyl (C=O) groups is 2. The van der Waals surface area contributed by atoms with Gasteiger partial charge < -0.3 is 19.3 Å². The van der Waals surface area contributed by atoms with Crippen molar-refractivity contribution in [3.05, 3.63) is 35.9 Å². The Morgan fingerprint density at radius 2 is 1.48 bits per heavy atom. The maximum Gasteiger partial charge on any atom is 0.308 e. The Morgan fingerprint density at radius 3 is 1.96 bits per heavy atom. The van der Waals surface area contributed by atoms with Gasteiger partial charge in [0.2, 0.25) is 0 Å². The van der Waals surface area contributed by atoms with Gasteiger partial charge in [0.25, 0.3) is 0 Å². The molecule has 2 saturated carbocycles. The summed E-state index contributed by atoms with van der Waals surface area (Å²) in [4.78, 5) is 21.7. The van der Waals surface area contributed by atoms with Gasteiger partial charge in [-0.1, -0.05) is 30.3 Å². The molecule has 2 aliphatic rings. The summed E-state index contributed by atoms with van der Waals surface area (Å²) in [7, 11) is 2.80. The lowest BCUT2D eigenvalue weighted by atomic mass is 9.82. The summed E-state index contributed by atoms with van der Waals surface area (Å²) < 4.78 is 14.8. The van der Waals surface area contributed by atoms with Crippen molar-refractivity contribution in [2.45, 2.75) is 44.5 Å². The van der Waals surface area contributed by atoms with E-state index in [2.05, 4.69) is 9.47 Å². The van der Waals surface area contributed by atoms with Crippen LogP contribution < -0.4 is 0 Å². The van der Waals surface area contributed by atoms with Crippen LogP contribution in [0, 0.1) is 11.8 Å². The predicted molar refractivity (Wildman–Crippen MR) is 90.5 cm³/mol. The van der Waals surface area contributed by atoms with Gasteiger partial charge in [0, 0.05) is 0 Å². The lowest BCUT2D eigenvalue weighted by molar-refractivity contribution is -0.155. The Labute approximate surface area is 148 Å². The van der Waals surface area contributed by atoms with Crippen molar-refractivity contribution in [1.29, 1.82) is 0 Å². The minimum absolute atomic E-state index is 0.0370. The highest BCUT2D eigenvalue weighted by atomic mass is 16.5. The van der Waals surface area contributed by atoms with E-state index in [0.29, 0.717) is 19.4 Å². The van der Waals surface area contributed by atoms with Crippen LogP contribution in [0.4, 0.5) is 0 Å². The second-order valence-electron chi connectivity index (χ2n) is 6.46. The maximum absolute atomic E-state index is 11.1. The average Bonchev–Trinajstić information content (AvgIpc) is 2.58. The normalized spacial score (nSPS) is 27.0. The third kappa shape index (κ3) is 5.83. The highest BCUT2D eigenvalue weighted by Crippen LogP contribution is 2.31. The number of aliphatic hydroxyl groups excluding tert-OH is 1. The lowest BCUT2D eigenvalue weighted by Gasteiger charge is -2.32. The van der Waals surface area contributed by atoms with Crippen LogP contribution in [0.25, 0.3) is 0 Å². The van der Waals surface area contributed by atoms with E-state index in [-0.39, 0.29) is 36.0 Å². The fourth-order valence-corrected chi connectivity index (χ4v) is 2.80. The van der Waals surface area contributed by atoms with Gasteiger partial charge in [0.05, 0.1) is 44.9 Å². The molecule has 0 aromatic heterocycles. The van der Waals surface area contributed by atoms with Gasteiger partial charge in [-0.25, -0.2) is 0 Å². The molecule has 0 spiro atoms. The van der Waals surface area contributed by atoms with Crippen LogP contribution in [-0.4, -0.2) is 43.5 Å². The van der Waals surface area contributed by atoms with Gasteiger partial charge in [-0.05, 0) is 31.2 Å². The Kier molecular flexibility index (Phi) is 7.40. The molecular formula is C19H26O6. The molecule has 3 rings (SSSR count). The summed E-state index contributed by atoms with van der Waals surface area (Å²) in [6.07, 6.45) is 2.68. The predicted octanol–water partition coefficient (Wildman–Crippen LogP) is 2.09. The fourth-order valence-electron chi connectivity index (χ4n) is 2.80. The average molecular weight is 350 g/mol. The van der Waals surface area contributed by atoms with Crippen LogP contribution in [0.3, 0.4) is 0 Å². The third-order valence-electron chi connectivity index (χ3n) is 4.61. The Morgan fingerprint density at radius 1 is 0.960 bits per heavy atom. The summed E-state index contributed by atoms with van der Waals surface area (Å²) >= 11 is 0. The van der Waals surface area contributed by atoms with Crippen LogP contribution in [-0.2, 0) is 30.4 Å². The van der Waals surface area contributed by atoms with Crippen LogP contribution in [0.1, 0.15) is 31.2 Å². The van der Waals surface area contributed by atoms with Crippen molar-refractivity contribution in [1.82, 2.24) is 0 Å². The van der Waals surface area contributed by atoms with E-state index in [1.165, 1.54) is 19.8 Å². The van der Waals surface area contributed by atoms with Crippen molar-refractivity contribution in [3.63, 3.8) is 0 Å². The molecule has 0 heterocycles. The largest absolute Gasteiger partial charge is 0.469 e. The molecule has 2 aliphatic carbocycles. The van der Waals surface area contributed by atoms with Crippen LogP contribution >= 0.6 is 0 Å². The maximum atomic E-state index is 11.1. The van der Waals surface area contributed by atoms with Gasteiger partial charge in [0.1, 0.15) is 0 Å². The first-order valence-electron chi connectivity index (χ1n) is 8.52. The first-order valence-corrected chi connectivity index (χ1v) is 8.52. The smallest absolute Gasteiger partial charge is 0.308 e. The Balaban J connectivity index is 0.000000212. The molecule has 0 unspecified atom stereocenters. The van der Waals surface area contributed by atoms with E-state index >= 15 is 0 Å². The summed E-state index contributed by atoms with van der Waals surface area (Å²) in [5.41, 5.74) is 1.17. The monoisotopic (exact) mass is 350 g/mol. The van der Waals surface area contributed by atoms with Gasteiger partial charge in [0.15, 0.2) is 0 Å². The Bertz CT molecular complexity index is 546. The minimum atomic E-state index is -0.269. The van der Waals surface area contributed by atoms with E-state index in [4.69, 9.17) is 9.84 Å². The van der Waals surface area contributed by atoms with Crippen molar-refractivity contribution in [3.8, 4) is 0 Å². The first-order chi connectivity index (χ1) is 12.0. The number of ether oxygens (including phenoxy) is 3. The molecule has 2 fully saturated rings. The van der Waals surface area contributed by atoms with Crippen LogP contribution in [0.15, 0.2) is 30.3 Å². The van der Waals surface area contributed by atoms with Gasteiger partial charge in [-0.15, -0.1) is 0 Å². The van der Waals surface area contributed by atoms with Gasteiger partial charge in [-0.3, -0.25) is 9.59 Å². The number of esters is 2. The molecule has 1 aromatic rings. The molecule has 0 saturated heterocycles. The van der Waals surface area contributed by atoms with E-state index in [1.54, 1.807) is 0 Å². The molecule has 1 aromatic carbocycles. The minimum Gasteiger partial charge on any atom is -0.469 e. The van der Waals surface area contributed by atoms with Crippen molar-refractivity contribution in [2.75, 3.05) is 14.2 Å². The standard InChI is InChI=1S/C13H16O3.C6H10O3/c1-15-13(14)11-7-12(8-11)16-9-10-5-3-2-4-6-10;1-9-6(8)4-2-5(7)3-4/h2-6,11-12H,7-9H2,1H3;4-5,7H,2-3H2,1H3. The van der Waals surface area contributed by atoms with E-state index in [1.807, 2.05) is 30.3 Å². The van der Waals surface area contributed by atoms with Crippen molar-refractivity contribution >= 4 is 11.9 Å². The fraction of sp³-hybridized carbons (Fsp3) is 0.579. The highest BCUT2D eigenvalue weighted by Gasteiger charge is 2.36. The van der Waals surface area contributed by atoms with E-state index in [9.17, 15) is 9.59 Å². The zero-order chi connectivity index (χ0) is 18.2. The topological polar surface area (TPSA) is 82.1 Å². The molecule has 0 atom stereocenters. The molecule has 1 N–H and O–H groups in total. The third-order valence-corrected chi connectivity index (χ3v) is 4.61. The summed E-state index contributed by atoms with van der Waals surface area (Å²) in [5, 5.41) is 8.75. The summed E-state index contributed by atoms with van der Waals surface area (Å²) in [5.74, 6) is -0.296. The number of methoxy groups -OCH3 is 2. The molecule has 0 bridgehead atoms. The number of carbonyl (C=O) groups excluding carboxylic acids is 2. The summed E-state index contributed by atoms with van der Waals surface area (Å²) in [6.45, 7) is 0.624. The molecule has 6 heteroatoms. The zero-order valence-electron chi connectivity index (χ0n) is 14.7. The Hall–Kier alpha value is -1.92. The molecule has 0 aliphatic heterocycles. The van der Waals surface area contributed by atoms with E-state index < -0.39 is 0 Å². The van der Waals surface area contributed by atoms with Crippen molar-refractivity contribution < 1.29 is 28.9 Å². The molecule has 6 nitrogen and oxygen atoms in total. The molecule has 25 heavy (non-hydrogen) atoms. The first kappa shape index (κ1) is 19.4. The SMILES string of the molecule is COC(=O)C1CC(O)C1.COC(=O)C1CC(OCc2ccccc2)C1. The van der Waals surface area contributed by atoms with Crippen molar-refractivity contribution in [2.24, 2.45) is 11.8 Å². The van der Waals surface area contributed by atoms with Gasteiger partial charge in [-0.2, -0.15) is 0 Å². The van der Waals surface area contributed by atoms with Crippen LogP contribution in [0.5, 0.6) is 0 Å². The zero-order valence-corrected chi connectivity index (χ0v) is 14.7. The van der Waals surface area contributed by atoms with E-state index in [0.717, 1.165) is 12.8 Å². The number of rotatable bonds is 5. The number of hydrogen-bond donors (Lipinski definition) is 1. The lowest BCUT2D eigenvalue weighted by Crippen LogP contribution is -2.36. The molecular weight excluding hydrogens is 324 g/mol. The van der Waals surface area contributed by atoms with Crippen LogP contribution in [0.2, 0.25) is 0 Å². The second kappa shape index (κ2) is 9.53. The second-order valence-corrected chi connectivity index (χ2v) is 6.46.